The minimum atomic E-state index is -3.55. The van der Waals surface area contributed by atoms with Gasteiger partial charge in [-0.1, -0.05) is 51.1 Å². The molecule has 0 aliphatic rings. The largest absolute Gasteiger partial charge is 0.279 e. The van der Waals surface area contributed by atoms with Gasteiger partial charge in [0.15, 0.2) is 0 Å². The fourth-order valence-electron chi connectivity index (χ4n) is 2.35. The normalized spacial score (nSPS) is 12.9. The Kier molecular flexibility index (Phi) is 5.24. The smallest absolute Gasteiger partial charge is 0.261 e. The van der Waals surface area contributed by atoms with Gasteiger partial charge in [-0.15, -0.1) is 0 Å². The molecule has 0 spiro atoms. The van der Waals surface area contributed by atoms with Crippen LogP contribution in [0.15, 0.2) is 53.4 Å². The summed E-state index contributed by atoms with van der Waals surface area (Å²) in [4.78, 5) is 0.295. The molecule has 0 aromatic heterocycles. The zero-order valence-electron chi connectivity index (χ0n) is 13.3. The van der Waals surface area contributed by atoms with Crippen LogP contribution in [0.2, 0.25) is 0 Å². The Hall–Kier alpha value is -1.81. The van der Waals surface area contributed by atoms with Crippen LogP contribution in [0.25, 0.3) is 0 Å². The molecule has 0 saturated carbocycles. The van der Waals surface area contributed by atoms with Gasteiger partial charge in [0.1, 0.15) is 0 Å². The summed E-state index contributed by atoms with van der Waals surface area (Å²) in [5, 5.41) is 0. The molecule has 3 nitrogen and oxygen atoms in total. The van der Waals surface area contributed by atoms with Gasteiger partial charge in [-0.2, -0.15) is 0 Å². The van der Waals surface area contributed by atoms with Crippen molar-refractivity contribution in [2.75, 3.05) is 4.72 Å². The molecule has 0 fully saturated rings. The van der Waals surface area contributed by atoms with Gasteiger partial charge >= 0.3 is 0 Å². The van der Waals surface area contributed by atoms with Crippen molar-refractivity contribution in [1.29, 1.82) is 0 Å². The minimum Gasteiger partial charge on any atom is -0.279 e. The van der Waals surface area contributed by atoms with Crippen LogP contribution in [0.1, 0.15) is 44.2 Å². The zero-order valence-corrected chi connectivity index (χ0v) is 14.2. The van der Waals surface area contributed by atoms with Crippen molar-refractivity contribution >= 4 is 15.7 Å². The van der Waals surface area contributed by atoms with Gasteiger partial charge in [0.25, 0.3) is 10.0 Å². The zero-order chi connectivity index (χ0) is 16.2. The summed E-state index contributed by atoms with van der Waals surface area (Å²) in [6.07, 6.45) is 1.86. The molecule has 0 unspecified atom stereocenters. The Balaban J connectivity index is 2.32. The molecule has 0 amide bonds. The topological polar surface area (TPSA) is 46.2 Å². The summed E-state index contributed by atoms with van der Waals surface area (Å²) >= 11 is 0. The van der Waals surface area contributed by atoms with E-state index in [0.29, 0.717) is 16.5 Å². The number of aryl methyl sites for hydroxylation is 1. The first-order chi connectivity index (χ1) is 10.5. The molecule has 4 heteroatoms. The molecular weight excluding hydrogens is 294 g/mol. The monoisotopic (exact) mass is 317 g/mol. The summed E-state index contributed by atoms with van der Waals surface area (Å²) in [6, 6.07) is 14.6. The molecule has 0 aliphatic heterocycles. The van der Waals surface area contributed by atoms with Gasteiger partial charge in [-0.25, -0.2) is 8.42 Å². The first-order valence-corrected chi connectivity index (χ1v) is 9.17. The van der Waals surface area contributed by atoms with E-state index in [9.17, 15) is 8.42 Å². The second kappa shape index (κ2) is 6.97. The Morgan fingerprint density at radius 1 is 1.00 bits per heavy atom. The second-order valence-corrected chi connectivity index (χ2v) is 7.18. The third-order valence-electron chi connectivity index (χ3n) is 3.99. The molecule has 0 bridgehead atoms. The second-order valence-electron chi connectivity index (χ2n) is 5.50. The van der Waals surface area contributed by atoms with E-state index in [1.807, 2.05) is 43.3 Å². The molecule has 2 aromatic rings. The molecule has 0 heterocycles. The fraction of sp³-hybridized carbons (Fsp3) is 0.333. The molecule has 1 N–H and O–H groups in total. The Morgan fingerprint density at radius 3 is 2.23 bits per heavy atom. The molecule has 22 heavy (non-hydrogen) atoms. The first-order valence-electron chi connectivity index (χ1n) is 7.68. The van der Waals surface area contributed by atoms with Gasteiger partial charge in [0.2, 0.25) is 0 Å². The predicted molar refractivity (Wildman–Crippen MR) is 91.8 cm³/mol. The molecule has 118 valence electrons. The third-order valence-corrected chi connectivity index (χ3v) is 5.37. The third kappa shape index (κ3) is 3.69. The number of anilines is 1. The number of hydrogen-bond acceptors (Lipinski definition) is 2. The standard InChI is InChI=1S/C18H23NO2S/c1-4-14(3)17-8-6-7-9-18(17)19-22(20,21)16-12-10-15(5-2)11-13-16/h6-14,19H,4-5H2,1-3H3/t14-/m1/s1. The number of para-hydroxylation sites is 1. The number of hydrogen-bond donors (Lipinski definition) is 1. The minimum absolute atomic E-state index is 0.295. The van der Waals surface area contributed by atoms with Gasteiger partial charge < -0.3 is 0 Å². The molecule has 2 rings (SSSR count). The highest BCUT2D eigenvalue weighted by atomic mass is 32.2. The van der Waals surface area contributed by atoms with Crippen LogP contribution < -0.4 is 4.72 Å². The van der Waals surface area contributed by atoms with E-state index >= 15 is 0 Å². The molecule has 0 radical (unpaired) electrons. The lowest BCUT2D eigenvalue weighted by Crippen LogP contribution is -2.14. The van der Waals surface area contributed by atoms with E-state index in [4.69, 9.17) is 0 Å². The summed E-state index contributed by atoms with van der Waals surface area (Å²) in [5.74, 6) is 0.307. The van der Waals surface area contributed by atoms with E-state index < -0.39 is 10.0 Å². The summed E-state index contributed by atoms with van der Waals surface area (Å²) in [7, 11) is -3.55. The summed E-state index contributed by atoms with van der Waals surface area (Å²) in [5.41, 5.74) is 2.81. The fourth-order valence-corrected chi connectivity index (χ4v) is 3.44. The maximum Gasteiger partial charge on any atom is 0.261 e. The van der Waals surface area contributed by atoms with Gasteiger partial charge in [0, 0.05) is 0 Å². The van der Waals surface area contributed by atoms with E-state index in [1.165, 1.54) is 0 Å². The van der Waals surface area contributed by atoms with Gasteiger partial charge in [-0.3, -0.25) is 4.72 Å². The van der Waals surface area contributed by atoms with E-state index in [2.05, 4.69) is 18.6 Å². The molecular formula is C18H23NO2S. The molecule has 0 aliphatic carbocycles. The lowest BCUT2D eigenvalue weighted by molar-refractivity contribution is 0.601. The van der Waals surface area contributed by atoms with Crippen molar-refractivity contribution in [3.63, 3.8) is 0 Å². The van der Waals surface area contributed by atoms with Crippen LogP contribution in [0.3, 0.4) is 0 Å². The van der Waals surface area contributed by atoms with Gasteiger partial charge in [0.05, 0.1) is 10.6 Å². The number of sulfonamides is 1. The van der Waals surface area contributed by atoms with Crippen LogP contribution in [-0.4, -0.2) is 8.42 Å². The lowest BCUT2D eigenvalue weighted by atomic mass is 9.97. The number of nitrogens with one attached hydrogen (secondary N) is 1. The summed E-state index contributed by atoms with van der Waals surface area (Å²) < 4.78 is 27.8. The van der Waals surface area contributed by atoms with Crippen LogP contribution in [0, 0.1) is 0 Å². The maximum atomic E-state index is 12.6. The lowest BCUT2D eigenvalue weighted by Gasteiger charge is -2.16. The predicted octanol–water partition coefficient (Wildman–Crippen LogP) is 4.56. The van der Waals surface area contributed by atoms with Crippen LogP contribution >= 0.6 is 0 Å². The summed E-state index contributed by atoms with van der Waals surface area (Å²) in [6.45, 7) is 6.24. The SMILES string of the molecule is CCc1ccc(S(=O)(=O)Nc2ccccc2[C@H](C)CC)cc1. The Morgan fingerprint density at radius 2 is 1.64 bits per heavy atom. The van der Waals surface area contributed by atoms with Crippen molar-refractivity contribution < 1.29 is 8.42 Å². The number of benzene rings is 2. The highest BCUT2D eigenvalue weighted by Crippen LogP contribution is 2.28. The molecule has 2 aromatic carbocycles. The van der Waals surface area contributed by atoms with Crippen LogP contribution in [0.4, 0.5) is 5.69 Å². The van der Waals surface area contributed by atoms with Crippen molar-refractivity contribution in [3.8, 4) is 0 Å². The Labute approximate surface area is 133 Å². The highest BCUT2D eigenvalue weighted by Gasteiger charge is 2.17. The Bertz CT molecular complexity index is 721. The number of rotatable bonds is 6. The highest BCUT2D eigenvalue weighted by molar-refractivity contribution is 7.92. The molecule has 0 saturated heterocycles. The quantitative estimate of drug-likeness (QED) is 0.848. The maximum absolute atomic E-state index is 12.6. The van der Waals surface area contributed by atoms with Crippen LogP contribution in [0.5, 0.6) is 0 Å². The first kappa shape index (κ1) is 16.6. The molecule has 1 atom stereocenters. The van der Waals surface area contributed by atoms with Crippen LogP contribution in [-0.2, 0) is 16.4 Å². The van der Waals surface area contributed by atoms with Crippen molar-refractivity contribution in [2.45, 2.75) is 44.4 Å². The van der Waals surface area contributed by atoms with E-state index in [0.717, 1.165) is 24.0 Å². The van der Waals surface area contributed by atoms with E-state index in [1.54, 1.807) is 12.1 Å². The van der Waals surface area contributed by atoms with Gasteiger partial charge in [-0.05, 0) is 48.1 Å². The average Bonchev–Trinajstić information content (AvgIpc) is 2.54. The average molecular weight is 317 g/mol. The van der Waals surface area contributed by atoms with Crippen molar-refractivity contribution in [1.82, 2.24) is 0 Å². The van der Waals surface area contributed by atoms with E-state index in [-0.39, 0.29) is 0 Å². The van der Waals surface area contributed by atoms with Crippen molar-refractivity contribution in [2.24, 2.45) is 0 Å². The van der Waals surface area contributed by atoms with Crippen molar-refractivity contribution in [3.05, 3.63) is 59.7 Å².